The molecule has 0 spiro atoms. The minimum absolute atomic E-state index is 0.00659. The number of anilines is 1. The third kappa shape index (κ3) is 4.60. The van der Waals surface area contributed by atoms with Crippen LogP contribution in [0.4, 0.5) is 5.95 Å². The van der Waals surface area contributed by atoms with Gasteiger partial charge in [0, 0.05) is 5.92 Å². The molecule has 212 valence electrons. The molecule has 4 heterocycles. The van der Waals surface area contributed by atoms with E-state index in [9.17, 15) is 15.0 Å². The number of rotatable bonds is 4. The number of allylic oxidation sites excluding steroid dienone is 1. The zero-order valence-corrected chi connectivity index (χ0v) is 23.4. The number of aromatic nitrogens is 8. The Morgan fingerprint density at radius 2 is 1.60 bits per heavy atom. The van der Waals surface area contributed by atoms with Crippen molar-refractivity contribution in [2.75, 3.05) is 12.3 Å². The van der Waals surface area contributed by atoms with Gasteiger partial charge in [-0.25, -0.2) is 19.9 Å². The van der Waals surface area contributed by atoms with Crippen LogP contribution in [0.2, 0.25) is 0 Å². The molecule has 2 aliphatic rings. The topological polar surface area (TPSA) is 174 Å². The van der Waals surface area contributed by atoms with Crippen LogP contribution in [0, 0.1) is 31.6 Å². The summed E-state index contributed by atoms with van der Waals surface area (Å²) in [7, 11) is 0. The number of nitrogen functional groups attached to an aromatic ring is 1. The number of aliphatic hydroxyl groups is 2. The van der Waals surface area contributed by atoms with E-state index in [1.807, 2.05) is 20.2 Å². The number of imidazole rings is 2. The van der Waals surface area contributed by atoms with Crippen molar-refractivity contribution in [2.45, 2.75) is 65.1 Å². The van der Waals surface area contributed by atoms with Gasteiger partial charge in [-0.2, -0.15) is 4.98 Å². The highest BCUT2D eigenvalue weighted by Crippen LogP contribution is 2.45. The molecule has 2 aliphatic carbocycles. The molecule has 0 amide bonds. The number of hydrogen-bond donors (Lipinski definition) is 4. The zero-order chi connectivity index (χ0) is 28.9. The summed E-state index contributed by atoms with van der Waals surface area (Å²) >= 11 is 0. The third-order valence-corrected chi connectivity index (χ3v) is 8.49. The zero-order valence-electron chi connectivity index (χ0n) is 23.4. The molecular formula is C28H37N9O3. The molecule has 0 saturated heterocycles. The van der Waals surface area contributed by atoms with Crippen molar-refractivity contribution < 1.29 is 10.2 Å². The van der Waals surface area contributed by atoms with E-state index in [1.54, 1.807) is 4.57 Å². The highest BCUT2D eigenvalue weighted by Gasteiger charge is 2.38. The predicted octanol–water partition coefficient (Wildman–Crippen LogP) is 2.78. The van der Waals surface area contributed by atoms with Crippen LogP contribution in [0.3, 0.4) is 0 Å². The van der Waals surface area contributed by atoms with Crippen LogP contribution in [-0.2, 0) is 0 Å². The van der Waals surface area contributed by atoms with E-state index in [0.29, 0.717) is 35.5 Å². The lowest BCUT2D eigenvalue weighted by molar-refractivity contribution is 0.101. The van der Waals surface area contributed by atoms with Crippen LogP contribution in [0.1, 0.15) is 56.7 Å². The lowest BCUT2D eigenvalue weighted by Crippen LogP contribution is -2.17. The molecule has 4 aromatic heterocycles. The van der Waals surface area contributed by atoms with Gasteiger partial charge in [0.05, 0.1) is 43.1 Å². The van der Waals surface area contributed by atoms with E-state index >= 15 is 0 Å². The van der Waals surface area contributed by atoms with Crippen molar-refractivity contribution in [3.8, 4) is 0 Å². The molecule has 0 aromatic carbocycles. The Morgan fingerprint density at radius 3 is 2.20 bits per heavy atom. The normalized spacial score (nSPS) is 26.6. The highest BCUT2D eigenvalue weighted by molar-refractivity contribution is 5.73. The van der Waals surface area contributed by atoms with Crippen LogP contribution in [-0.4, -0.2) is 62.0 Å². The second kappa shape index (κ2) is 10.6. The molecule has 0 bridgehead atoms. The third-order valence-electron chi connectivity index (χ3n) is 8.49. The molecule has 2 saturated carbocycles. The number of aryl methyl sites for hydroxylation is 2. The molecule has 0 aliphatic heterocycles. The Labute approximate surface area is 231 Å². The van der Waals surface area contributed by atoms with Crippen LogP contribution in [0.5, 0.6) is 0 Å². The van der Waals surface area contributed by atoms with Gasteiger partial charge in [0.25, 0.3) is 5.56 Å². The summed E-state index contributed by atoms with van der Waals surface area (Å²) in [5.41, 5.74) is 10.5. The number of aliphatic hydroxyl groups excluding tert-OH is 2. The summed E-state index contributed by atoms with van der Waals surface area (Å²) in [6.07, 6.45) is 5.40. The largest absolute Gasteiger partial charge is 0.396 e. The Hall–Kier alpha value is -3.90. The number of nitrogens with two attached hydrogens (primary N) is 1. The number of fused-ring (bicyclic) bond motifs is 2. The van der Waals surface area contributed by atoms with Crippen LogP contribution >= 0.6 is 0 Å². The predicted molar refractivity (Wildman–Crippen MR) is 152 cm³/mol. The first-order valence-electron chi connectivity index (χ1n) is 13.6. The number of hydrogen-bond acceptors (Lipinski definition) is 9. The molecule has 2 fully saturated rings. The fourth-order valence-corrected chi connectivity index (χ4v) is 6.40. The summed E-state index contributed by atoms with van der Waals surface area (Å²) < 4.78 is 3.87. The maximum Gasteiger partial charge on any atom is 0.280 e. The second-order valence-electron chi connectivity index (χ2n) is 11.0. The minimum atomic E-state index is -0.672. The fourth-order valence-electron chi connectivity index (χ4n) is 6.40. The van der Waals surface area contributed by atoms with Gasteiger partial charge < -0.3 is 25.1 Å². The summed E-state index contributed by atoms with van der Waals surface area (Å²) in [5, 5.41) is 19.2. The molecular weight excluding hydrogens is 510 g/mol. The van der Waals surface area contributed by atoms with Crippen LogP contribution in [0.25, 0.3) is 22.3 Å². The van der Waals surface area contributed by atoms with Crippen molar-refractivity contribution in [1.29, 1.82) is 0 Å². The molecule has 0 radical (unpaired) electrons. The van der Waals surface area contributed by atoms with E-state index in [0.717, 1.165) is 35.5 Å². The number of H-pyrrole nitrogens is 1. The maximum absolute atomic E-state index is 11.7. The van der Waals surface area contributed by atoms with Gasteiger partial charge in [-0.1, -0.05) is 32.6 Å². The van der Waals surface area contributed by atoms with Crippen LogP contribution < -0.4 is 11.3 Å². The average Bonchev–Trinajstić information content (AvgIpc) is 3.63. The lowest BCUT2D eigenvalue weighted by atomic mass is 9.93. The summed E-state index contributed by atoms with van der Waals surface area (Å²) in [4.78, 5) is 35.7. The molecule has 5 N–H and O–H groups in total. The SMILES string of the molecule is C=C1[C@H](CC)[C@@H](C)C[C@@H]1n1cnc2c(C)nc(C)nc21.C=C1[C@H](CO)[C@@H](O)C[C@@H]1n1cnc2c(=O)[nH]c(N)nc21. The van der Waals surface area contributed by atoms with E-state index in [2.05, 4.69) is 61.5 Å². The van der Waals surface area contributed by atoms with Gasteiger partial charge in [0.1, 0.15) is 11.3 Å². The minimum Gasteiger partial charge on any atom is -0.396 e. The first-order valence-corrected chi connectivity index (χ1v) is 13.6. The lowest BCUT2D eigenvalue weighted by Gasteiger charge is -2.16. The Bertz CT molecular complexity index is 1650. The average molecular weight is 548 g/mol. The highest BCUT2D eigenvalue weighted by atomic mass is 16.3. The van der Waals surface area contributed by atoms with Crippen molar-refractivity contribution in [3.05, 3.63) is 58.8 Å². The van der Waals surface area contributed by atoms with Crippen molar-refractivity contribution in [2.24, 2.45) is 17.8 Å². The summed E-state index contributed by atoms with van der Waals surface area (Å²) in [6, 6.07) is 0.0644. The molecule has 4 aromatic rings. The Morgan fingerprint density at radius 1 is 1.00 bits per heavy atom. The van der Waals surface area contributed by atoms with E-state index in [1.165, 1.54) is 11.9 Å². The van der Waals surface area contributed by atoms with Crippen molar-refractivity contribution in [1.82, 2.24) is 39.0 Å². The second-order valence-corrected chi connectivity index (χ2v) is 11.0. The van der Waals surface area contributed by atoms with Gasteiger partial charge in [-0.05, 0) is 50.5 Å². The quantitative estimate of drug-likeness (QED) is 0.280. The van der Waals surface area contributed by atoms with Gasteiger partial charge >= 0.3 is 0 Å². The smallest absolute Gasteiger partial charge is 0.280 e. The Balaban J connectivity index is 0.000000161. The fraction of sp³-hybridized carbons (Fsp3) is 0.500. The monoisotopic (exact) mass is 547 g/mol. The Kier molecular flexibility index (Phi) is 7.32. The van der Waals surface area contributed by atoms with Gasteiger partial charge in [0.15, 0.2) is 16.8 Å². The number of nitrogens with zero attached hydrogens (tertiary/aromatic N) is 7. The molecule has 12 nitrogen and oxygen atoms in total. The van der Waals surface area contributed by atoms with Gasteiger partial charge in [-0.15, -0.1) is 0 Å². The summed E-state index contributed by atoms with van der Waals surface area (Å²) in [6.45, 7) is 16.6. The van der Waals surface area contributed by atoms with E-state index < -0.39 is 11.7 Å². The van der Waals surface area contributed by atoms with E-state index in [4.69, 9.17) is 5.73 Å². The first kappa shape index (κ1) is 27.7. The molecule has 6 rings (SSSR count). The summed E-state index contributed by atoms with van der Waals surface area (Å²) in [5.74, 6) is 1.73. The molecule has 0 unspecified atom stereocenters. The van der Waals surface area contributed by atoms with Crippen molar-refractivity contribution in [3.63, 3.8) is 0 Å². The standard InChI is InChI=1S/C16H22N4.C12H15N5O3/c1-6-13-9(2)7-14(10(13)3)20-8-17-15-11(4)18-12(5)19-16(15)20;1-5-6(3-18)8(19)2-7(5)17-4-14-9-10(17)15-12(13)16-11(9)20/h8-9,13-14H,3,6-7H2,1-2,4-5H3;4,6-8,18-19H,1-3H2,(H3,13,15,16,20)/t9-,13+,14-;6-,7-,8-/m00/s1. The maximum atomic E-state index is 11.7. The first-order chi connectivity index (χ1) is 19.0. The molecule has 40 heavy (non-hydrogen) atoms. The van der Waals surface area contributed by atoms with E-state index in [-0.39, 0.29) is 30.0 Å². The van der Waals surface area contributed by atoms with Crippen LogP contribution in [0.15, 0.2) is 41.8 Å². The number of aromatic amines is 1. The number of nitrogens with one attached hydrogen (secondary N) is 1. The van der Waals surface area contributed by atoms with Gasteiger partial charge in [-0.3, -0.25) is 9.78 Å². The molecule has 12 heteroatoms. The van der Waals surface area contributed by atoms with Crippen molar-refractivity contribution >= 4 is 28.3 Å². The molecule has 6 atom stereocenters. The van der Waals surface area contributed by atoms with Gasteiger partial charge in [0.2, 0.25) is 5.95 Å².